The van der Waals surface area contributed by atoms with Gasteiger partial charge in [0.2, 0.25) is 0 Å². The molecule has 0 radical (unpaired) electrons. The Morgan fingerprint density at radius 1 is 0.967 bits per heavy atom. The number of aromatic nitrogens is 2. The van der Waals surface area contributed by atoms with Gasteiger partial charge in [0.1, 0.15) is 0 Å². The van der Waals surface area contributed by atoms with Crippen molar-refractivity contribution in [3.05, 3.63) is 95.0 Å². The van der Waals surface area contributed by atoms with E-state index in [0.717, 1.165) is 35.4 Å². The van der Waals surface area contributed by atoms with Gasteiger partial charge < -0.3 is 4.90 Å². The first-order valence-electron chi connectivity index (χ1n) is 10.3. The SMILES string of the molecule is CN1Cc2cc(-c3cnc4ccccc4n3)ccc2C(c2ccc3ccsc3c2)C1. The second-order valence-corrected chi connectivity index (χ2v) is 9.07. The molecule has 2 aromatic heterocycles. The minimum atomic E-state index is 0.391. The summed E-state index contributed by atoms with van der Waals surface area (Å²) in [6.07, 6.45) is 1.89. The standard InChI is InChI=1S/C26H21N3S/c1-29-15-20-12-19(25-14-27-23-4-2-3-5-24(23)28-25)8-9-21(20)22(16-29)18-7-6-17-10-11-30-26(17)13-18/h2-14,22H,15-16H2,1H3. The van der Waals surface area contributed by atoms with Crippen LogP contribution in [0.15, 0.2) is 78.3 Å². The monoisotopic (exact) mass is 407 g/mol. The van der Waals surface area contributed by atoms with Crippen LogP contribution in [-0.2, 0) is 6.54 Å². The molecule has 0 saturated carbocycles. The highest BCUT2D eigenvalue weighted by Crippen LogP contribution is 2.37. The van der Waals surface area contributed by atoms with E-state index < -0.39 is 0 Å². The predicted octanol–water partition coefficient (Wildman–Crippen LogP) is 6.09. The highest BCUT2D eigenvalue weighted by atomic mass is 32.1. The fourth-order valence-electron chi connectivity index (χ4n) is 4.58. The first kappa shape index (κ1) is 17.8. The van der Waals surface area contributed by atoms with Gasteiger partial charge in [0.25, 0.3) is 0 Å². The molecule has 3 nitrogen and oxygen atoms in total. The lowest BCUT2D eigenvalue weighted by Gasteiger charge is -2.33. The molecule has 1 aliphatic rings. The average molecular weight is 408 g/mol. The molecule has 3 heterocycles. The maximum absolute atomic E-state index is 4.84. The Balaban J connectivity index is 1.43. The van der Waals surface area contributed by atoms with Gasteiger partial charge >= 0.3 is 0 Å². The molecule has 1 aliphatic heterocycles. The van der Waals surface area contributed by atoms with E-state index >= 15 is 0 Å². The third-order valence-corrected chi connectivity index (χ3v) is 6.96. The van der Waals surface area contributed by atoms with Gasteiger partial charge in [0.05, 0.1) is 22.9 Å². The highest BCUT2D eigenvalue weighted by molar-refractivity contribution is 7.17. The number of para-hydroxylation sites is 2. The molecule has 0 N–H and O–H groups in total. The Morgan fingerprint density at radius 3 is 2.80 bits per heavy atom. The van der Waals surface area contributed by atoms with E-state index in [1.165, 1.54) is 26.8 Å². The zero-order valence-electron chi connectivity index (χ0n) is 16.7. The Hall–Kier alpha value is -3.08. The third kappa shape index (κ3) is 3.00. The normalized spacial score (nSPS) is 16.8. The van der Waals surface area contributed by atoms with Crippen molar-refractivity contribution in [3.63, 3.8) is 0 Å². The van der Waals surface area contributed by atoms with Gasteiger partial charge in [-0.2, -0.15) is 0 Å². The van der Waals surface area contributed by atoms with Crippen molar-refractivity contribution in [1.29, 1.82) is 0 Å². The lowest BCUT2D eigenvalue weighted by molar-refractivity contribution is 0.295. The van der Waals surface area contributed by atoms with Crippen LogP contribution in [0.5, 0.6) is 0 Å². The number of fused-ring (bicyclic) bond motifs is 3. The molecule has 1 atom stereocenters. The van der Waals surface area contributed by atoms with Crippen LogP contribution in [0.1, 0.15) is 22.6 Å². The van der Waals surface area contributed by atoms with Crippen molar-refractivity contribution < 1.29 is 0 Å². The van der Waals surface area contributed by atoms with Gasteiger partial charge in [0, 0.05) is 29.3 Å². The van der Waals surface area contributed by atoms with Gasteiger partial charge in [-0.25, -0.2) is 4.98 Å². The van der Waals surface area contributed by atoms with E-state index in [2.05, 4.69) is 64.8 Å². The number of likely N-dealkylation sites (N-methyl/N-ethyl adjacent to an activating group) is 1. The average Bonchev–Trinajstić information content (AvgIpc) is 3.25. The number of hydrogen-bond acceptors (Lipinski definition) is 4. The molecule has 1 unspecified atom stereocenters. The van der Waals surface area contributed by atoms with Crippen LogP contribution in [0.25, 0.3) is 32.4 Å². The Morgan fingerprint density at radius 2 is 1.87 bits per heavy atom. The van der Waals surface area contributed by atoms with Crippen LogP contribution in [-0.4, -0.2) is 28.5 Å². The van der Waals surface area contributed by atoms with Crippen LogP contribution in [0.2, 0.25) is 0 Å². The zero-order chi connectivity index (χ0) is 20.1. The second-order valence-electron chi connectivity index (χ2n) is 8.12. The molecule has 0 aliphatic carbocycles. The highest BCUT2D eigenvalue weighted by Gasteiger charge is 2.25. The van der Waals surface area contributed by atoms with Crippen LogP contribution in [0.3, 0.4) is 0 Å². The van der Waals surface area contributed by atoms with Crippen molar-refractivity contribution in [2.24, 2.45) is 0 Å². The molecule has 146 valence electrons. The molecule has 4 heteroatoms. The molecule has 0 saturated heterocycles. The summed E-state index contributed by atoms with van der Waals surface area (Å²) < 4.78 is 1.37. The molecule has 3 aromatic carbocycles. The fraction of sp³-hybridized carbons (Fsp3) is 0.154. The topological polar surface area (TPSA) is 29.0 Å². The summed E-state index contributed by atoms with van der Waals surface area (Å²) in [5.74, 6) is 0.391. The summed E-state index contributed by atoms with van der Waals surface area (Å²) in [7, 11) is 2.21. The second kappa shape index (κ2) is 7.01. The molecular weight excluding hydrogens is 386 g/mol. The molecule has 0 bridgehead atoms. The van der Waals surface area contributed by atoms with Crippen LogP contribution in [0.4, 0.5) is 0 Å². The quantitative estimate of drug-likeness (QED) is 0.355. The Labute approximate surface area is 179 Å². The maximum atomic E-state index is 4.84. The van der Waals surface area contributed by atoms with E-state index in [-0.39, 0.29) is 0 Å². The van der Waals surface area contributed by atoms with E-state index in [1.807, 2.05) is 41.8 Å². The Kier molecular flexibility index (Phi) is 4.15. The zero-order valence-corrected chi connectivity index (χ0v) is 17.6. The molecule has 0 amide bonds. The molecular formula is C26H21N3S. The first-order chi connectivity index (χ1) is 14.7. The maximum Gasteiger partial charge on any atom is 0.0894 e. The molecule has 30 heavy (non-hydrogen) atoms. The number of thiophene rings is 1. The van der Waals surface area contributed by atoms with Crippen LogP contribution in [0, 0.1) is 0 Å². The molecule has 0 fully saturated rings. The van der Waals surface area contributed by atoms with E-state index in [4.69, 9.17) is 4.98 Å². The van der Waals surface area contributed by atoms with E-state index in [9.17, 15) is 0 Å². The summed E-state index contributed by atoms with van der Waals surface area (Å²) in [4.78, 5) is 11.9. The number of hydrogen-bond donors (Lipinski definition) is 0. The van der Waals surface area contributed by atoms with Crippen molar-refractivity contribution in [2.75, 3.05) is 13.6 Å². The van der Waals surface area contributed by atoms with Crippen LogP contribution < -0.4 is 0 Å². The lowest BCUT2D eigenvalue weighted by Crippen LogP contribution is -2.31. The summed E-state index contributed by atoms with van der Waals surface area (Å²) in [6, 6.07) is 24.0. The van der Waals surface area contributed by atoms with Crippen molar-refractivity contribution >= 4 is 32.5 Å². The van der Waals surface area contributed by atoms with Gasteiger partial charge in [-0.05, 0) is 64.8 Å². The van der Waals surface area contributed by atoms with Gasteiger partial charge in [-0.15, -0.1) is 11.3 Å². The van der Waals surface area contributed by atoms with Gasteiger partial charge in [-0.1, -0.05) is 36.4 Å². The number of benzene rings is 3. The van der Waals surface area contributed by atoms with Gasteiger partial charge in [-0.3, -0.25) is 4.98 Å². The van der Waals surface area contributed by atoms with Crippen molar-refractivity contribution in [1.82, 2.24) is 14.9 Å². The minimum Gasteiger partial charge on any atom is -0.301 e. The van der Waals surface area contributed by atoms with Crippen LogP contribution >= 0.6 is 11.3 Å². The van der Waals surface area contributed by atoms with Crippen molar-refractivity contribution in [2.45, 2.75) is 12.5 Å². The number of nitrogens with zero attached hydrogens (tertiary/aromatic N) is 3. The Bertz CT molecular complexity index is 1390. The molecule has 6 rings (SSSR count). The third-order valence-electron chi connectivity index (χ3n) is 6.08. The van der Waals surface area contributed by atoms with E-state index in [1.54, 1.807) is 0 Å². The lowest BCUT2D eigenvalue weighted by atomic mass is 9.83. The largest absolute Gasteiger partial charge is 0.301 e. The molecule has 5 aromatic rings. The summed E-state index contributed by atoms with van der Waals surface area (Å²) in [6.45, 7) is 2.00. The minimum absolute atomic E-state index is 0.391. The van der Waals surface area contributed by atoms with Crippen molar-refractivity contribution in [3.8, 4) is 11.3 Å². The fourth-order valence-corrected chi connectivity index (χ4v) is 5.41. The summed E-state index contributed by atoms with van der Waals surface area (Å²) in [5.41, 5.74) is 8.15. The summed E-state index contributed by atoms with van der Waals surface area (Å²) >= 11 is 1.82. The smallest absolute Gasteiger partial charge is 0.0894 e. The van der Waals surface area contributed by atoms with Gasteiger partial charge in [0.15, 0.2) is 0 Å². The van der Waals surface area contributed by atoms with E-state index in [0.29, 0.717) is 5.92 Å². The first-order valence-corrected chi connectivity index (χ1v) is 11.1. The summed E-state index contributed by atoms with van der Waals surface area (Å²) in [5, 5.41) is 3.50. The molecule has 0 spiro atoms. The number of rotatable bonds is 2. The predicted molar refractivity (Wildman–Crippen MR) is 125 cm³/mol.